The summed E-state index contributed by atoms with van der Waals surface area (Å²) in [6, 6.07) is 22.6. The average molecular weight is 335 g/mol. The van der Waals surface area contributed by atoms with Crippen molar-refractivity contribution in [3.63, 3.8) is 0 Å². The molecule has 2 aromatic carbocycles. The molecule has 0 amide bonds. The lowest BCUT2D eigenvalue weighted by molar-refractivity contribution is 0.469. The lowest BCUT2D eigenvalue weighted by Crippen LogP contribution is -1.83. The first-order valence-corrected chi connectivity index (χ1v) is 9.11. The molecule has 0 spiro atoms. The van der Waals surface area contributed by atoms with Crippen molar-refractivity contribution >= 4 is 23.7 Å². The molecule has 1 heterocycles. The number of hydrogen-bond donors (Lipinski definition) is 0. The Hall–Kier alpha value is -2.26. The normalized spacial score (nSPS) is 11.2. The summed E-state index contributed by atoms with van der Waals surface area (Å²) in [4.78, 5) is 5.66. The van der Waals surface area contributed by atoms with E-state index in [0.717, 1.165) is 27.9 Å². The molecule has 3 aromatic rings. The summed E-state index contributed by atoms with van der Waals surface area (Å²) in [6.45, 7) is 2.21. The molecule has 0 bridgehead atoms. The van der Waals surface area contributed by atoms with Crippen LogP contribution in [0.3, 0.4) is 0 Å². The highest BCUT2D eigenvalue weighted by Gasteiger charge is 2.02. The van der Waals surface area contributed by atoms with Crippen LogP contribution in [0, 0.1) is 0 Å². The molecule has 3 heteroatoms. The van der Waals surface area contributed by atoms with Crippen molar-refractivity contribution in [2.24, 2.45) is 4.99 Å². The third kappa shape index (κ3) is 4.87. The van der Waals surface area contributed by atoms with Crippen LogP contribution in [0.5, 0.6) is 0 Å². The van der Waals surface area contributed by atoms with Gasteiger partial charge in [-0.05, 0) is 54.8 Å². The van der Waals surface area contributed by atoms with Gasteiger partial charge in [-0.3, -0.25) is 4.99 Å². The second kappa shape index (κ2) is 8.55. The first kappa shape index (κ1) is 16.6. The fraction of sp³-hybridized carbons (Fsp3) is 0.190. The summed E-state index contributed by atoms with van der Waals surface area (Å²) in [6.07, 6.45) is 5.37. The maximum atomic E-state index is 5.80. The number of furan rings is 1. The molecular formula is C21H21NOS. The second-order valence-electron chi connectivity index (χ2n) is 5.60. The van der Waals surface area contributed by atoms with Crippen LogP contribution in [0.25, 0.3) is 0 Å². The molecule has 1 aromatic heterocycles. The van der Waals surface area contributed by atoms with Crippen molar-refractivity contribution in [1.29, 1.82) is 0 Å². The molecule has 0 saturated heterocycles. The molecule has 0 saturated carbocycles. The predicted octanol–water partition coefficient (Wildman–Crippen LogP) is 6.52. The third-order valence-corrected chi connectivity index (χ3v) is 4.59. The molecule has 3 rings (SSSR count). The summed E-state index contributed by atoms with van der Waals surface area (Å²) in [5, 5.41) is 0.873. The largest absolute Gasteiger partial charge is 0.449 e. The van der Waals surface area contributed by atoms with E-state index in [0.29, 0.717) is 0 Å². The maximum absolute atomic E-state index is 5.80. The van der Waals surface area contributed by atoms with Gasteiger partial charge < -0.3 is 4.42 Å². The molecule has 0 aliphatic carbocycles. The lowest BCUT2D eigenvalue weighted by Gasteiger charge is -2.00. The molecular weight excluding hydrogens is 314 g/mol. The van der Waals surface area contributed by atoms with E-state index in [-0.39, 0.29) is 0 Å². The molecule has 0 atom stereocenters. The van der Waals surface area contributed by atoms with Crippen LogP contribution in [-0.4, -0.2) is 6.21 Å². The third-order valence-electron chi connectivity index (χ3n) is 3.66. The Morgan fingerprint density at radius 2 is 1.75 bits per heavy atom. The van der Waals surface area contributed by atoms with E-state index in [9.17, 15) is 0 Å². The molecule has 2 nitrogen and oxygen atoms in total. The SMILES string of the molecule is CCCCc1ccc(N=Cc2ccc(Sc3ccccc3)o2)cc1. The smallest absolute Gasteiger partial charge is 0.165 e. The van der Waals surface area contributed by atoms with E-state index >= 15 is 0 Å². The average Bonchev–Trinajstić information content (AvgIpc) is 3.07. The number of benzene rings is 2. The van der Waals surface area contributed by atoms with Crippen molar-refractivity contribution in [2.45, 2.75) is 36.2 Å². The minimum Gasteiger partial charge on any atom is -0.449 e. The number of aliphatic imine (C=N–C) groups is 1. The Bertz CT molecular complexity index is 775. The molecule has 0 N–H and O–H groups in total. The fourth-order valence-electron chi connectivity index (χ4n) is 2.33. The van der Waals surface area contributed by atoms with Crippen molar-refractivity contribution in [3.05, 3.63) is 78.1 Å². The van der Waals surface area contributed by atoms with Gasteiger partial charge in [-0.15, -0.1) is 0 Å². The first-order chi connectivity index (χ1) is 11.8. The molecule has 0 aliphatic rings. The quantitative estimate of drug-likeness (QED) is 0.459. The van der Waals surface area contributed by atoms with Crippen LogP contribution in [0.1, 0.15) is 31.1 Å². The molecule has 122 valence electrons. The summed E-state index contributed by atoms with van der Waals surface area (Å²) in [5.74, 6) is 0.767. The van der Waals surface area contributed by atoms with Crippen LogP contribution in [0.15, 0.2) is 86.1 Å². The monoisotopic (exact) mass is 335 g/mol. The Balaban J connectivity index is 1.60. The van der Waals surface area contributed by atoms with Crippen molar-refractivity contribution < 1.29 is 4.42 Å². The van der Waals surface area contributed by atoms with Gasteiger partial charge in [0.05, 0.1) is 11.9 Å². The van der Waals surface area contributed by atoms with Crippen LogP contribution >= 0.6 is 11.8 Å². The molecule has 0 aliphatic heterocycles. The van der Waals surface area contributed by atoms with E-state index in [2.05, 4.69) is 48.3 Å². The summed E-state index contributed by atoms with van der Waals surface area (Å²) < 4.78 is 5.80. The second-order valence-corrected chi connectivity index (χ2v) is 6.68. The first-order valence-electron chi connectivity index (χ1n) is 8.29. The topological polar surface area (TPSA) is 25.5 Å². The molecule has 0 unspecified atom stereocenters. The van der Waals surface area contributed by atoms with Crippen LogP contribution < -0.4 is 0 Å². The van der Waals surface area contributed by atoms with Crippen molar-refractivity contribution in [3.8, 4) is 0 Å². The summed E-state index contributed by atoms with van der Waals surface area (Å²) >= 11 is 1.61. The van der Waals surface area contributed by atoms with E-state index in [4.69, 9.17) is 4.42 Å². The number of rotatable bonds is 7. The van der Waals surface area contributed by atoms with Gasteiger partial charge in [0.15, 0.2) is 5.09 Å². The van der Waals surface area contributed by atoms with E-state index in [1.54, 1.807) is 18.0 Å². The zero-order valence-corrected chi connectivity index (χ0v) is 14.6. The molecule has 0 fully saturated rings. The zero-order valence-electron chi connectivity index (χ0n) is 13.8. The summed E-state index contributed by atoms with van der Waals surface area (Å²) in [7, 11) is 0. The number of aryl methyl sites for hydroxylation is 1. The van der Waals surface area contributed by atoms with Gasteiger partial charge in [0, 0.05) is 4.90 Å². The van der Waals surface area contributed by atoms with E-state index < -0.39 is 0 Å². The Kier molecular flexibility index (Phi) is 5.91. The van der Waals surface area contributed by atoms with Crippen molar-refractivity contribution in [2.75, 3.05) is 0 Å². The minimum atomic E-state index is 0.767. The highest BCUT2D eigenvalue weighted by atomic mass is 32.2. The highest BCUT2D eigenvalue weighted by Crippen LogP contribution is 2.28. The standard InChI is InChI=1S/C21H21NOS/c1-2-3-7-17-10-12-18(13-11-17)22-16-19-14-15-21(23-19)24-20-8-5-4-6-9-20/h4-6,8-16H,2-3,7H2,1H3. The minimum absolute atomic E-state index is 0.767. The van der Waals surface area contributed by atoms with Gasteiger partial charge in [-0.1, -0.05) is 55.4 Å². The predicted molar refractivity (Wildman–Crippen MR) is 102 cm³/mol. The maximum Gasteiger partial charge on any atom is 0.165 e. The van der Waals surface area contributed by atoms with Crippen molar-refractivity contribution in [1.82, 2.24) is 0 Å². The van der Waals surface area contributed by atoms with Crippen LogP contribution in [0.4, 0.5) is 5.69 Å². The van der Waals surface area contributed by atoms with E-state index in [1.807, 2.05) is 30.3 Å². The van der Waals surface area contributed by atoms with Crippen LogP contribution in [-0.2, 0) is 6.42 Å². The summed E-state index contributed by atoms with van der Waals surface area (Å²) in [5.41, 5.74) is 2.32. The highest BCUT2D eigenvalue weighted by molar-refractivity contribution is 7.99. The van der Waals surface area contributed by atoms with Gasteiger partial charge in [-0.2, -0.15) is 0 Å². The number of hydrogen-bond acceptors (Lipinski definition) is 3. The van der Waals surface area contributed by atoms with Gasteiger partial charge in [-0.25, -0.2) is 0 Å². The van der Waals surface area contributed by atoms with E-state index in [1.165, 1.54) is 18.4 Å². The van der Waals surface area contributed by atoms with Gasteiger partial charge in [0.1, 0.15) is 5.76 Å². The molecule has 24 heavy (non-hydrogen) atoms. The number of nitrogens with zero attached hydrogens (tertiary/aromatic N) is 1. The van der Waals surface area contributed by atoms with Gasteiger partial charge in [0.25, 0.3) is 0 Å². The Labute approximate surface area is 147 Å². The zero-order chi connectivity index (χ0) is 16.6. The number of unbranched alkanes of at least 4 members (excludes halogenated alkanes) is 1. The van der Waals surface area contributed by atoms with Crippen LogP contribution in [0.2, 0.25) is 0 Å². The van der Waals surface area contributed by atoms with Gasteiger partial charge >= 0.3 is 0 Å². The Morgan fingerprint density at radius 1 is 0.958 bits per heavy atom. The molecule has 0 radical (unpaired) electrons. The fourth-order valence-corrected chi connectivity index (χ4v) is 3.13. The van der Waals surface area contributed by atoms with Gasteiger partial charge in [0.2, 0.25) is 0 Å². The Morgan fingerprint density at radius 3 is 2.50 bits per heavy atom. The lowest BCUT2D eigenvalue weighted by atomic mass is 10.1.